The Balaban J connectivity index is 2.13. The molecule has 0 aliphatic rings. The lowest BCUT2D eigenvalue weighted by atomic mass is 10.1. The fourth-order valence-corrected chi connectivity index (χ4v) is 2.26. The summed E-state index contributed by atoms with van der Waals surface area (Å²) in [5.74, 6) is 0.742. The zero-order chi connectivity index (χ0) is 15.5. The maximum atomic E-state index is 9.28. The number of fused-ring (bicyclic) bond motifs is 1. The molecule has 6 nitrogen and oxygen atoms in total. The van der Waals surface area contributed by atoms with Gasteiger partial charge in [0.05, 0.1) is 11.3 Å². The third-order valence-electron chi connectivity index (χ3n) is 3.41. The summed E-state index contributed by atoms with van der Waals surface area (Å²) in [6.07, 6.45) is 4.22. The topological polar surface area (TPSA) is 70.1 Å². The molecule has 3 heterocycles. The number of pyridine rings is 2. The molecule has 0 N–H and O–H groups in total. The van der Waals surface area contributed by atoms with Crippen LogP contribution in [0.2, 0.25) is 0 Å². The van der Waals surface area contributed by atoms with E-state index in [2.05, 4.69) is 26.0 Å². The molecule has 110 valence electrons. The van der Waals surface area contributed by atoms with Crippen LogP contribution < -0.4 is 0 Å². The summed E-state index contributed by atoms with van der Waals surface area (Å²) in [6.45, 7) is 0.864. The van der Waals surface area contributed by atoms with Crippen molar-refractivity contribution in [3.8, 4) is 17.3 Å². The second-order valence-electron chi connectivity index (χ2n) is 5.30. The van der Waals surface area contributed by atoms with Gasteiger partial charge in [0.25, 0.3) is 0 Å². The molecular weight excluding hydrogens is 276 g/mol. The summed E-state index contributed by atoms with van der Waals surface area (Å²) in [6, 6.07) is 9.70. The highest BCUT2D eigenvalue weighted by Crippen LogP contribution is 2.21. The van der Waals surface area contributed by atoms with Crippen LogP contribution >= 0.6 is 0 Å². The molecule has 3 rings (SSSR count). The minimum atomic E-state index is 0.529. The van der Waals surface area contributed by atoms with E-state index in [0.29, 0.717) is 11.2 Å². The molecule has 0 amide bonds. The smallest absolute Gasteiger partial charge is 0.174 e. The molecule has 22 heavy (non-hydrogen) atoms. The van der Waals surface area contributed by atoms with Crippen LogP contribution in [-0.4, -0.2) is 45.1 Å². The van der Waals surface area contributed by atoms with E-state index in [1.165, 1.54) is 0 Å². The van der Waals surface area contributed by atoms with Crippen molar-refractivity contribution in [3.05, 3.63) is 48.0 Å². The Bertz CT molecular complexity index is 829. The third-order valence-corrected chi connectivity index (χ3v) is 3.41. The number of hydrogen-bond donors (Lipinski definition) is 0. The minimum Gasteiger partial charge on any atom is -0.309 e. The molecule has 0 saturated carbocycles. The Kier molecular flexibility index (Phi) is 3.81. The average Bonchev–Trinajstić information content (AvgIpc) is 2.97. The van der Waals surface area contributed by atoms with Crippen LogP contribution in [0.1, 0.15) is 11.4 Å². The number of aromatic nitrogens is 4. The Hall–Kier alpha value is -2.78. The molecule has 0 aliphatic carbocycles. The molecule has 0 saturated heterocycles. The molecule has 3 aromatic heterocycles. The zero-order valence-electron chi connectivity index (χ0n) is 12.6. The first-order chi connectivity index (χ1) is 10.7. The second kappa shape index (κ2) is 5.92. The summed E-state index contributed by atoms with van der Waals surface area (Å²) < 4.78 is 1.75. The van der Waals surface area contributed by atoms with Crippen LogP contribution in [0.25, 0.3) is 16.9 Å². The molecule has 0 aromatic carbocycles. The Morgan fingerprint density at radius 3 is 2.64 bits per heavy atom. The van der Waals surface area contributed by atoms with Gasteiger partial charge in [0.2, 0.25) is 0 Å². The quantitative estimate of drug-likeness (QED) is 0.733. The van der Waals surface area contributed by atoms with Gasteiger partial charge in [-0.3, -0.25) is 4.98 Å². The summed E-state index contributed by atoms with van der Waals surface area (Å²) >= 11 is 0. The van der Waals surface area contributed by atoms with E-state index in [0.717, 1.165) is 30.0 Å². The fourth-order valence-electron chi connectivity index (χ4n) is 2.26. The molecule has 3 aromatic rings. The Morgan fingerprint density at radius 1 is 1.18 bits per heavy atom. The maximum Gasteiger partial charge on any atom is 0.174 e. The van der Waals surface area contributed by atoms with Crippen LogP contribution in [0.4, 0.5) is 0 Å². The monoisotopic (exact) mass is 292 g/mol. The lowest BCUT2D eigenvalue weighted by Gasteiger charge is -2.06. The van der Waals surface area contributed by atoms with Crippen molar-refractivity contribution in [2.24, 2.45) is 0 Å². The maximum absolute atomic E-state index is 9.28. The molecule has 0 radical (unpaired) electrons. The first kappa shape index (κ1) is 14.2. The summed E-state index contributed by atoms with van der Waals surface area (Å²) in [7, 11) is 4.03. The third kappa shape index (κ3) is 2.67. The first-order valence-corrected chi connectivity index (χ1v) is 7.03. The lowest BCUT2D eigenvalue weighted by Crippen LogP contribution is -2.15. The Labute approximate surface area is 128 Å². The zero-order valence-corrected chi connectivity index (χ0v) is 12.6. The van der Waals surface area contributed by atoms with Gasteiger partial charge < -0.3 is 4.90 Å². The van der Waals surface area contributed by atoms with Crippen molar-refractivity contribution >= 4 is 5.65 Å². The molecule has 0 spiro atoms. The molecule has 0 aliphatic heterocycles. The highest BCUT2D eigenvalue weighted by atomic mass is 15.3. The predicted molar refractivity (Wildman–Crippen MR) is 83.2 cm³/mol. The summed E-state index contributed by atoms with van der Waals surface area (Å²) in [5, 5.41) is 13.9. The molecule has 0 fully saturated rings. The van der Waals surface area contributed by atoms with E-state index in [4.69, 9.17) is 0 Å². The van der Waals surface area contributed by atoms with E-state index < -0.39 is 0 Å². The summed E-state index contributed by atoms with van der Waals surface area (Å²) in [5.41, 5.74) is 3.03. The normalized spacial score (nSPS) is 11.0. The largest absolute Gasteiger partial charge is 0.309 e. The standard InChI is InChI=1S/C16H16N6/c1-21(2)10-7-15-19-16-13(11-17)3-4-14(22(16)20-15)12-5-8-18-9-6-12/h3-6,8-9H,7,10H2,1-2H3. The highest BCUT2D eigenvalue weighted by molar-refractivity contribution is 5.66. The van der Waals surface area contributed by atoms with E-state index in [-0.39, 0.29) is 0 Å². The predicted octanol–water partition coefficient (Wildman–Crippen LogP) is 1.77. The van der Waals surface area contributed by atoms with Gasteiger partial charge in [-0.25, -0.2) is 9.50 Å². The minimum absolute atomic E-state index is 0.529. The molecule has 0 unspecified atom stereocenters. The van der Waals surface area contributed by atoms with Crippen molar-refractivity contribution in [1.82, 2.24) is 24.5 Å². The van der Waals surface area contributed by atoms with Crippen molar-refractivity contribution in [1.29, 1.82) is 5.26 Å². The van der Waals surface area contributed by atoms with Crippen LogP contribution in [-0.2, 0) is 6.42 Å². The van der Waals surface area contributed by atoms with Crippen molar-refractivity contribution < 1.29 is 0 Å². The lowest BCUT2D eigenvalue weighted by molar-refractivity contribution is 0.409. The van der Waals surface area contributed by atoms with Gasteiger partial charge in [-0.05, 0) is 38.4 Å². The molecule has 0 bridgehead atoms. The fraction of sp³-hybridized carbons (Fsp3) is 0.250. The SMILES string of the molecule is CN(C)CCc1nc2c(C#N)ccc(-c3ccncc3)n2n1. The van der Waals surface area contributed by atoms with E-state index >= 15 is 0 Å². The first-order valence-electron chi connectivity index (χ1n) is 7.03. The number of nitriles is 1. The number of likely N-dealkylation sites (N-methyl/N-ethyl adjacent to an activating group) is 1. The number of rotatable bonds is 4. The van der Waals surface area contributed by atoms with Crippen molar-refractivity contribution in [2.45, 2.75) is 6.42 Å². The van der Waals surface area contributed by atoms with Gasteiger partial charge in [-0.1, -0.05) is 0 Å². The van der Waals surface area contributed by atoms with Gasteiger partial charge in [0.15, 0.2) is 11.5 Å². The van der Waals surface area contributed by atoms with Crippen LogP contribution in [0.3, 0.4) is 0 Å². The molecule has 6 heteroatoms. The van der Waals surface area contributed by atoms with E-state index in [1.807, 2.05) is 32.3 Å². The van der Waals surface area contributed by atoms with Gasteiger partial charge >= 0.3 is 0 Å². The van der Waals surface area contributed by atoms with Gasteiger partial charge in [0, 0.05) is 30.9 Å². The van der Waals surface area contributed by atoms with Gasteiger partial charge in [-0.15, -0.1) is 0 Å². The van der Waals surface area contributed by atoms with Crippen LogP contribution in [0.5, 0.6) is 0 Å². The summed E-state index contributed by atoms with van der Waals surface area (Å²) in [4.78, 5) is 10.6. The van der Waals surface area contributed by atoms with Crippen molar-refractivity contribution in [3.63, 3.8) is 0 Å². The van der Waals surface area contributed by atoms with E-state index in [1.54, 1.807) is 23.0 Å². The Morgan fingerprint density at radius 2 is 1.95 bits per heavy atom. The number of nitrogens with zero attached hydrogens (tertiary/aromatic N) is 6. The second-order valence-corrected chi connectivity index (χ2v) is 5.30. The van der Waals surface area contributed by atoms with Gasteiger partial charge in [0.1, 0.15) is 6.07 Å². The average molecular weight is 292 g/mol. The molecule has 0 atom stereocenters. The van der Waals surface area contributed by atoms with Crippen LogP contribution in [0, 0.1) is 11.3 Å². The van der Waals surface area contributed by atoms with E-state index in [9.17, 15) is 5.26 Å². The van der Waals surface area contributed by atoms with Crippen molar-refractivity contribution in [2.75, 3.05) is 20.6 Å². The van der Waals surface area contributed by atoms with Crippen LogP contribution in [0.15, 0.2) is 36.7 Å². The highest BCUT2D eigenvalue weighted by Gasteiger charge is 2.13. The molecular formula is C16H16N6. The number of hydrogen-bond acceptors (Lipinski definition) is 5. The van der Waals surface area contributed by atoms with Gasteiger partial charge in [-0.2, -0.15) is 10.4 Å².